The fourth-order valence-electron chi connectivity index (χ4n) is 1.48. The molecule has 2 aromatic rings. The Morgan fingerprint density at radius 1 is 1.29 bits per heavy atom. The highest BCUT2D eigenvalue weighted by atomic mass is 35.5. The summed E-state index contributed by atoms with van der Waals surface area (Å²) in [6, 6.07) is 9.29. The van der Waals surface area contributed by atoms with E-state index in [0.29, 0.717) is 5.69 Å². The van der Waals surface area contributed by atoms with Crippen LogP contribution in [-0.2, 0) is 6.42 Å². The molecule has 0 N–H and O–H groups in total. The number of aromatic nitrogens is 1. The number of rotatable bonds is 3. The molecule has 0 saturated carbocycles. The summed E-state index contributed by atoms with van der Waals surface area (Å²) in [7, 11) is 0. The SMILES string of the molecule is O=C(Cc1ccccn1)c1ccc(Cl)cc1F. The highest BCUT2D eigenvalue weighted by Crippen LogP contribution is 2.16. The molecule has 86 valence electrons. The zero-order chi connectivity index (χ0) is 12.3. The third kappa shape index (κ3) is 2.88. The van der Waals surface area contributed by atoms with E-state index in [1.54, 1.807) is 24.4 Å². The van der Waals surface area contributed by atoms with Crippen molar-refractivity contribution < 1.29 is 9.18 Å². The molecule has 0 fully saturated rings. The molecule has 1 heterocycles. The van der Waals surface area contributed by atoms with E-state index in [0.717, 1.165) is 6.07 Å². The number of Topliss-reactive ketones (excluding diaryl/α,β-unsaturated/α-hetero) is 1. The molecular weight excluding hydrogens is 241 g/mol. The number of hydrogen-bond acceptors (Lipinski definition) is 2. The number of carbonyl (C=O) groups excluding carboxylic acids is 1. The number of pyridine rings is 1. The highest BCUT2D eigenvalue weighted by molar-refractivity contribution is 6.30. The van der Waals surface area contributed by atoms with Gasteiger partial charge in [0.15, 0.2) is 5.78 Å². The van der Waals surface area contributed by atoms with Crippen LogP contribution in [0.25, 0.3) is 0 Å². The van der Waals surface area contributed by atoms with Crippen molar-refractivity contribution in [2.24, 2.45) is 0 Å². The van der Waals surface area contributed by atoms with Crippen molar-refractivity contribution in [3.8, 4) is 0 Å². The number of carbonyl (C=O) groups is 1. The number of benzene rings is 1. The zero-order valence-electron chi connectivity index (χ0n) is 8.86. The Balaban J connectivity index is 2.21. The summed E-state index contributed by atoms with van der Waals surface area (Å²) in [4.78, 5) is 15.8. The third-order valence-corrected chi connectivity index (χ3v) is 2.53. The van der Waals surface area contributed by atoms with Gasteiger partial charge >= 0.3 is 0 Å². The first-order valence-corrected chi connectivity index (χ1v) is 5.43. The van der Waals surface area contributed by atoms with E-state index < -0.39 is 5.82 Å². The predicted molar refractivity (Wildman–Crippen MR) is 63.7 cm³/mol. The van der Waals surface area contributed by atoms with Gasteiger partial charge < -0.3 is 0 Å². The molecule has 0 aliphatic rings. The van der Waals surface area contributed by atoms with Gasteiger partial charge in [-0.1, -0.05) is 17.7 Å². The van der Waals surface area contributed by atoms with Crippen molar-refractivity contribution in [2.75, 3.05) is 0 Å². The maximum Gasteiger partial charge on any atom is 0.171 e. The van der Waals surface area contributed by atoms with Crippen LogP contribution in [-0.4, -0.2) is 10.8 Å². The van der Waals surface area contributed by atoms with Gasteiger partial charge in [-0.2, -0.15) is 0 Å². The Hall–Kier alpha value is -1.74. The van der Waals surface area contributed by atoms with Gasteiger partial charge in [0.05, 0.1) is 12.0 Å². The van der Waals surface area contributed by atoms with Crippen molar-refractivity contribution in [1.29, 1.82) is 0 Å². The molecule has 0 spiro atoms. The molecule has 0 amide bonds. The van der Waals surface area contributed by atoms with Gasteiger partial charge in [0.25, 0.3) is 0 Å². The Kier molecular flexibility index (Phi) is 3.49. The quantitative estimate of drug-likeness (QED) is 0.782. The standard InChI is InChI=1S/C13H9ClFNO/c14-9-4-5-11(12(15)7-9)13(17)8-10-3-1-2-6-16-10/h1-7H,8H2. The predicted octanol–water partition coefficient (Wildman–Crippen LogP) is 3.30. The minimum atomic E-state index is -0.599. The van der Waals surface area contributed by atoms with E-state index in [-0.39, 0.29) is 22.8 Å². The number of nitrogens with zero attached hydrogens (tertiary/aromatic N) is 1. The summed E-state index contributed by atoms with van der Waals surface area (Å²) in [5.74, 6) is -0.906. The lowest BCUT2D eigenvalue weighted by molar-refractivity contribution is 0.0988. The van der Waals surface area contributed by atoms with Crippen LogP contribution in [0, 0.1) is 5.82 Å². The normalized spacial score (nSPS) is 10.2. The molecule has 2 rings (SSSR count). The molecule has 0 saturated heterocycles. The van der Waals surface area contributed by atoms with Crippen LogP contribution in [0.5, 0.6) is 0 Å². The van der Waals surface area contributed by atoms with Crippen molar-refractivity contribution in [1.82, 2.24) is 4.98 Å². The molecule has 0 aliphatic heterocycles. The Morgan fingerprint density at radius 2 is 2.12 bits per heavy atom. The summed E-state index contributed by atoms with van der Waals surface area (Å²) in [5, 5.41) is 0.275. The van der Waals surface area contributed by atoms with Crippen LogP contribution < -0.4 is 0 Å². The van der Waals surface area contributed by atoms with Gasteiger partial charge in [-0.3, -0.25) is 9.78 Å². The minimum Gasteiger partial charge on any atom is -0.294 e. The summed E-state index contributed by atoms with van der Waals surface area (Å²) >= 11 is 5.62. The average Bonchev–Trinajstić information content (AvgIpc) is 2.30. The van der Waals surface area contributed by atoms with E-state index in [9.17, 15) is 9.18 Å². The van der Waals surface area contributed by atoms with E-state index in [1.165, 1.54) is 12.1 Å². The molecule has 0 bridgehead atoms. The van der Waals surface area contributed by atoms with E-state index in [1.807, 2.05) is 0 Å². The molecule has 0 aliphatic carbocycles. The van der Waals surface area contributed by atoms with Crippen LogP contribution in [0.3, 0.4) is 0 Å². The van der Waals surface area contributed by atoms with Crippen LogP contribution >= 0.6 is 11.6 Å². The number of halogens is 2. The first kappa shape index (κ1) is 11.7. The van der Waals surface area contributed by atoms with E-state index in [4.69, 9.17) is 11.6 Å². The Labute approximate surface area is 103 Å². The van der Waals surface area contributed by atoms with Crippen molar-refractivity contribution in [3.63, 3.8) is 0 Å². The maximum atomic E-state index is 13.5. The molecule has 1 aromatic carbocycles. The molecular formula is C13H9ClFNO. The molecule has 0 unspecified atom stereocenters. The molecule has 17 heavy (non-hydrogen) atoms. The Morgan fingerprint density at radius 3 is 2.76 bits per heavy atom. The molecule has 4 heteroatoms. The fraction of sp³-hybridized carbons (Fsp3) is 0.0769. The summed E-state index contributed by atoms with van der Waals surface area (Å²) in [5.41, 5.74) is 0.659. The topological polar surface area (TPSA) is 30.0 Å². The smallest absolute Gasteiger partial charge is 0.171 e. The van der Waals surface area contributed by atoms with Gasteiger partial charge in [0.2, 0.25) is 0 Å². The fourth-order valence-corrected chi connectivity index (χ4v) is 1.64. The summed E-state index contributed by atoms with van der Waals surface area (Å²) in [6.07, 6.45) is 1.68. The first-order chi connectivity index (χ1) is 8.16. The van der Waals surface area contributed by atoms with Gasteiger partial charge in [0.1, 0.15) is 5.82 Å². The lowest BCUT2D eigenvalue weighted by atomic mass is 10.1. The van der Waals surface area contributed by atoms with Crippen molar-refractivity contribution in [2.45, 2.75) is 6.42 Å². The molecule has 0 atom stereocenters. The first-order valence-electron chi connectivity index (χ1n) is 5.05. The monoisotopic (exact) mass is 249 g/mol. The number of hydrogen-bond donors (Lipinski definition) is 0. The van der Waals surface area contributed by atoms with Gasteiger partial charge in [0, 0.05) is 16.9 Å². The van der Waals surface area contributed by atoms with Gasteiger partial charge in [-0.25, -0.2) is 4.39 Å². The highest BCUT2D eigenvalue weighted by Gasteiger charge is 2.12. The van der Waals surface area contributed by atoms with Crippen molar-refractivity contribution >= 4 is 17.4 Å². The molecule has 1 aromatic heterocycles. The van der Waals surface area contributed by atoms with E-state index in [2.05, 4.69) is 4.98 Å². The van der Waals surface area contributed by atoms with Crippen LogP contribution in [0.1, 0.15) is 16.1 Å². The second-order valence-electron chi connectivity index (χ2n) is 3.55. The molecule has 2 nitrogen and oxygen atoms in total. The van der Waals surface area contributed by atoms with Gasteiger partial charge in [-0.15, -0.1) is 0 Å². The van der Waals surface area contributed by atoms with Gasteiger partial charge in [-0.05, 0) is 30.3 Å². The van der Waals surface area contributed by atoms with Crippen LogP contribution in [0.15, 0.2) is 42.6 Å². The van der Waals surface area contributed by atoms with Crippen LogP contribution in [0.2, 0.25) is 5.02 Å². The molecule has 0 radical (unpaired) electrons. The van der Waals surface area contributed by atoms with Crippen LogP contribution in [0.4, 0.5) is 4.39 Å². The zero-order valence-corrected chi connectivity index (χ0v) is 9.62. The maximum absolute atomic E-state index is 13.5. The minimum absolute atomic E-state index is 0.0417. The third-order valence-electron chi connectivity index (χ3n) is 2.30. The second-order valence-corrected chi connectivity index (χ2v) is 3.98. The van der Waals surface area contributed by atoms with E-state index >= 15 is 0 Å². The average molecular weight is 250 g/mol. The lowest BCUT2D eigenvalue weighted by Crippen LogP contribution is -2.07. The van der Waals surface area contributed by atoms with Crippen molar-refractivity contribution in [3.05, 3.63) is 64.7 Å². The summed E-state index contributed by atoms with van der Waals surface area (Å²) < 4.78 is 13.5. The number of ketones is 1. The largest absolute Gasteiger partial charge is 0.294 e. The summed E-state index contributed by atoms with van der Waals surface area (Å²) in [6.45, 7) is 0. The lowest BCUT2D eigenvalue weighted by Gasteiger charge is -2.02. The second kappa shape index (κ2) is 5.06. The Bertz CT molecular complexity index is 542.